The molecule has 1 fully saturated rings. The van der Waals surface area contributed by atoms with Crippen LogP contribution in [0, 0.1) is 0 Å². The third-order valence-corrected chi connectivity index (χ3v) is 6.88. The molecule has 8 nitrogen and oxygen atoms in total. The van der Waals surface area contributed by atoms with E-state index >= 15 is 0 Å². The minimum Gasteiger partial charge on any atom is -0.383 e. The number of amides is 1. The molecule has 0 atom stereocenters. The van der Waals surface area contributed by atoms with Gasteiger partial charge in [0.2, 0.25) is 5.95 Å². The molecule has 0 saturated carbocycles. The number of rotatable bonds is 7. The van der Waals surface area contributed by atoms with Crippen molar-refractivity contribution < 1.29 is 9.53 Å². The van der Waals surface area contributed by atoms with Gasteiger partial charge in [-0.2, -0.15) is 0 Å². The summed E-state index contributed by atoms with van der Waals surface area (Å²) in [6, 6.07) is 11.3. The van der Waals surface area contributed by atoms with Crippen molar-refractivity contribution in [3.05, 3.63) is 47.0 Å². The van der Waals surface area contributed by atoms with Crippen molar-refractivity contribution in [3.8, 4) is 0 Å². The van der Waals surface area contributed by atoms with Crippen LogP contribution in [0.4, 0.5) is 11.1 Å². The number of nitrogens with one attached hydrogen (secondary N) is 2. The highest BCUT2D eigenvalue weighted by Crippen LogP contribution is 2.31. The minimum atomic E-state index is -0.109. The lowest BCUT2D eigenvalue weighted by molar-refractivity contribution is 0.0750. The van der Waals surface area contributed by atoms with Crippen LogP contribution >= 0.6 is 22.9 Å². The van der Waals surface area contributed by atoms with Gasteiger partial charge < -0.3 is 14.6 Å². The van der Waals surface area contributed by atoms with Gasteiger partial charge >= 0.3 is 0 Å². The molecule has 5 rings (SSSR count). The Morgan fingerprint density at radius 1 is 1.12 bits per heavy atom. The van der Waals surface area contributed by atoms with Crippen molar-refractivity contribution in [1.29, 1.82) is 0 Å². The lowest BCUT2D eigenvalue weighted by Gasteiger charge is -2.26. The summed E-state index contributed by atoms with van der Waals surface area (Å²) in [5.41, 5.74) is 6.15. The fourth-order valence-electron chi connectivity index (χ4n) is 4.04. The molecule has 2 N–H and O–H groups in total. The van der Waals surface area contributed by atoms with Crippen molar-refractivity contribution >= 4 is 61.2 Å². The number of nitrogens with zero attached hydrogens (tertiary/aromatic N) is 4. The maximum atomic E-state index is 12.8. The summed E-state index contributed by atoms with van der Waals surface area (Å²) in [5.74, 6) is 0.545. The van der Waals surface area contributed by atoms with Gasteiger partial charge in [0, 0.05) is 37.3 Å². The van der Waals surface area contributed by atoms with Crippen LogP contribution < -0.4 is 10.7 Å². The topological polar surface area (TPSA) is 84.3 Å². The highest BCUT2D eigenvalue weighted by atomic mass is 35.5. The van der Waals surface area contributed by atoms with E-state index in [2.05, 4.69) is 15.7 Å². The first-order valence-electron chi connectivity index (χ1n) is 11.0. The molecule has 0 bridgehead atoms. The van der Waals surface area contributed by atoms with Gasteiger partial charge in [-0.05, 0) is 49.2 Å². The first-order valence-corrected chi connectivity index (χ1v) is 12.2. The van der Waals surface area contributed by atoms with Crippen LogP contribution in [0.15, 0.2) is 36.4 Å². The van der Waals surface area contributed by atoms with Crippen LogP contribution in [0.1, 0.15) is 29.6 Å². The molecule has 0 radical (unpaired) electrons. The first kappa shape index (κ1) is 22.1. The van der Waals surface area contributed by atoms with E-state index in [0.29, 0.717) is 29.7 Å². The van der Waals surface area contributed by atoms with E-state index in [4.69, 9.17) is 21.3 Å². The molecule has 1 aliphatic rings. The third kappa shape index (κ3) is 4.81. The second-order valence-electron chi connectivity index (χ2n) is 8.03. The number of ether oxygens (including phenoxy) is 1. The van der Waals surface area contributed by atoms with E-state index in [-0.39, 0.29) is 5.91 Å². The molecule has 10 heteroatoms. The van der Waals surface area contributed by atoms with Gasteiger partial charge in [0.05, 0.1) is 27.9 Å². The van der Waals surface area contributed by atoms with Crippen molar-refractivity contribution in [2.24, 2.45) is 0 Å². The fourth-order valence-corrected chi connectivity index (χ4v) is 5.17. The molecule has 2 aromatic heterocycles. The monoisotopic (exact) mass is 484 g/mol. The highest BCUT2D eigenvalue weighted by Gasteiger charge is 2.17. The number of hydrogen-bond donors (Lipinski definition) is 2. The lowest BCUT2D eigenvalue weighted by Crippen LogP contribution is -2.45. The maximum absolute atomic E-state index is 12.8. The predicted molar refractivity (Wildman–Crippen MR) is 132 cm³/mol. The largest absolute Gasteiger partial charge is 0.383 e. The number of carbonyl (C=O) groups excluding carboxylic acids is 1. The number of benzene rings is 2. The Hall–Kier alpha value is -2.72. The van der Waals surface area contributed by atoms with Gasteiger partial charge in [0.1, 0.15) is 0 Å². The van der Waals surface area contributed by atoms with E-state index in [9.17, 15) is 4.79 Å². The molecule has 1 amide bonds. The number of hydrazine groups is 1. The molecule has 0 aliphatic carbocycles. The molecular formula is C23H25ClN6O2S. The summed E-state index contributed by atoms with van der Waals surface area (Å²) in [6.07, 6.45) is 3.43. The zero-order valence-corrected chi connectivity index (χ0v) is 19.9. The molecular weight excluding hydrogens is 460 g/mol. The van der Waals surface area contributed by atoms with Crippen molar-refractivity contribution in [3.63, 3.8) is 0 Å². The van der Waals surface area contributed by atoms with Gasteiger partial charge in [-0.15, -0.1) is 0 Å². The van der Waals surface area contributed by atoms with Gasteiger partial charge in [0.25, 0.3) is 5.91 Å². The fraction of sp³-hybridized carbons (Fsp3) is 0.348. The molecule has 2 aromatic carbocycles. The number of anilines is 2. The first-order chi connectivity index (χ1) is 16.1. The SMILES string of the molecule is COCCn1c(Nc2nc3ccc(Cl)cc3s2)nc2cc(C(=O)NN3CCCCC3)ccc21. The molecule has 1 aliphatic heterocycles. The number of thiazole rings is 1. The smallest absolute Gasteiger partial charge is 0.265 e. The van der Waals surface area contributed by atoms with E-state index in [0.717, 1.165) is 52.3 Å². The van der Waals surface area contributed by atoms with Gasteiger partial charge in [-0.25, -0.2) is 15.0 Å². The van der Waals surface area contributed by atoms with E-state index in [1.54, 1.807) is 7.11 Å². The van der Waals surface area contributed by atoms with Crippen molar-refractivity contribution in [2.75, 3.05) is 32.1 Å². The summed E-state index contributed by atoms with van der Waals surface area (Å²) >= 11 is 7.63. The second kappa shape index (κ2) is 9.64. The quantitative estimate of drug-likeness (QED) is 0.391. The van der Waals surface area contributed by atoms with Crippen LogP contribution in [0.25, 0.3) is 21.3 Å². The summed E-state index contributed by atoms with van der Waals surface area (Å²) in [6.45, 7) is 2.93. The molecule has 4 aromatic rings. The number of halogens is 1. The zero-order chi connectivity index (χ0) is 22.8. The summed E-state index contributed by atoms with van der Waals surface area (Å²) in [7, 11) is 1.67. The van der Waals surface area contributed by atoms with E-state index in [1.165, 1.54) is 17.8 Å². The Kier molecular flexibility index (Phi) is 6.45. The highest BCUT2D eigenvalue weighted by molar-refractivity contribution is 7.22. The molecule has 1 saturated heterocycles. The summed E-state index contributed by atoms with van der Waals surface area (Å²) in [4.78, 5) is 22.2. The number of imidazole rings is 1. The van der Waals surface area contributed by atoms with Gasteiger partial charge in [0.15, 0.2) is 5.13 Å². The number of carbonyl (C=O) groups is 1. The maximum Gasteiger partial charge on any atom is 0.265 e. The number of methoxy groups -OCH3 is 1. The van der Waals surface area contributed by atoms with Crippen LogP contribution in [-0.2, 0) is 11.3 Å². The van der Waals surface area contributed by atoms with Crippen LogP contribution in [0.3, 0.4) is 0 Å². The van der Waals surface area contributed by atoms with Crippen molar-refractivity contribution in [2.45, 2.75) is 25.8 Å². The Morgan fingerprint density at radius 2 is 1.97 bits per heavy atom. The van der Waals surface area contributed by atoms with E-state index < -0.39 is 0 Å². The standard InChI is InChI=1S/C23H25ClN6O2S/c1-32-12-11-30-19-8-5-15(21(31)28-29-9-3-2-4-10-29)13-18(19)25-22(30)27-23-26-17-7-6-16(24)14-20(17)33-23/h5-8,13-14H,2-4,9-12H2,1H3,(H,28,31)(H,25,26,27). The van der Waals surface area contributed by atoms with Gasteiger partial charge in [-0.3, -0.25) is 10.2 Å². The minimum absolute atomic E-state index is 0.109. The number of fused-ring (bicyclic) bond motifs is 2. The Bertz CT molecular complexity index is 1300. The number of hydrogen-bond acceptors (Lipinski definition) is 7. The Morgan fingerprint density at radius 3 is 2.79 bits per heavy atom. The van der Waals surface area contributed by atoms with Crippen LogP contribution in [-0.4, -0.2) is 52.3 Å². The molecule has 0 unspecified atom stereocenters. The lowest BCUT2D eigenvalue weighted by atomic mass is 10.1. The zero-order valence-electron chi connectivity index (χ0n) is 18.3. The number of aromatic nitrogens is 3. The Labute approximate surface area is 200 Å². The summed E-state index contributed by atoms with van der Waals surface area (Å²) in [5, 5.41) is 6.75. The predicted octanol–water partition coefficient (Wildman–Crippen LogP) is 4.82. The molecule has 0 spiro atoms. The normalized spacial score (nSPS) is 14.7. The van der Waals surface area contributed by atoms with Crippen molar-refractivity contribution in [1.82, 2.24) is 25.0 Å². The third-order valence-electron chi connectivity index (χ3n) is 5.71. The number of piperidine rings is 1. The molecule has 3 heterocycles. The summed E-state index contributed by atoms with van der Waals surface area (Å²) < 4.78 is 8.35. The molecule has 33 heavy (non-hydrogen) atoms. The molecule has 172 valence electrons. The van der Waals surface area contributed by atoms with Crippen LogP contribution in [0.2, 0.25) is 5.02 Å². The average Bonchev–Trinajstić information content (AvgIpc) is 3.37. The average molecular weight is 485 g/mol. The van der Waals surface area contributed by atoms with Gasteiger partial charge in [-0.1, -0.05) is 29.4 Å². The van der Waals surface area contributed by atoms with E-state index in [1.807, 2.05) is 46.0 Å². The Balaban J connectivity index is 1.44. The second-order valence-corrected chi connectivity index (χ2v) is 9.50. The van der Waals surface area contributed by atoms with Crippen LogP contribution in [0.5, 0.6) is 0 Å².